The van der Waals surface area contributed by atoms with Gasteiger partial charge in [0.05, 0.1) is 18.4 Å². The Morgan fingerprint density at radius 1 is 1.07 bits per heavy atom. The van der Waals surface area contributed by atoms with E-state index in [1.807, 2.05) is 6.92 Å². The summed E-state index contributed by atoms with van der Waals surface area (Å²) >= 11 is 0. The molecule has 2 amide bonds. The van der Waals surface area contributed by atoms with Crippen LogP contribution >= 0.6 is 0 Å². The van der Waals surface area contributed by atoms with E-state index in [4.69, 9.17) is 4.74 Å². The lowest BCUT2D eigenvalue weighted by atomic mass is 10.1. The molecule has 0 aliphatic carbocycles. The number of amides is 2. The van der Waals surface area contributed by atoms with Gasteiger partial charge in [-0.05, 0) is 30.7 Å². The minimum Gasteiger partial charge on any atom is -0.496 e. The van der Waals surface area contributed by atoms with Gasteiger partial charge >= 0.3 is 0 Å². The number of halogens is 3. The number of para-hydroxylation sites is 1. The second-order valence-electron chi connectivity index (χ2n) is 5.70. The van der Waals surface area contributed by atoms with Crippen LogP contribution in [0, 0.1) is 17.5 Å². The van der Waals surface area contributed by atoms with Gasteiger partial charge in [0, 0.05) is 6.54 Å². The molecule has 0 fully saturated rings. The summed E-state index contributed by atoms with van der Waals surface area (Å²) in [5.41, 5.74) is -0.222. The summed E-state index contributed by atoms with van der Waals surface area (Å²) in [7, 11) is 1.43. The first kappa shape index (κ1) is 20.3. The van der Waals surface area contributed by atoms with Crippen molar-refractivity contribution in [1.29, 1.82) is 0 Å². The van der Waals surface area contributed by atoms with Gasteiger partial charge in [-0.15, -0.1) is 0 Å². The molecule has 5 nitrogen and oxygen atoms in total. The van der Waals surface area contributed by atoms with Crippen LogP contribution in [0.5, 0.6) is 5.75 Å². The lowest BCUT2D eigenvalue weighted by Gasteiger charge is -2.22. The second kappa shape index (κ2) is 9.07. The Bertz CT molecular complexity index is 843. The normalized spacial score (nSPS) is 10.4. The summed E-state index contributed by atoms with van der Waals surface area (Å²) < 4.78 is 45.1. The molecule has 0 aliphatic rings. The Balaban J connectivity index is 2.17. The lowest BCUT2D eigenvalue weighted by molar-refractivity contribution is -0.116. The molecule has 2 aromatic rings. The van der Waals surface area contributed by atoms with Crippen LogP contribution in [0.3, 0.4) is 0 Å². The summed E-state index contributed by atoms with van der Waals surface area (Å²) in [5.74, 6) is -5.35. The Kier molecular flexibility index (Phi) is 6.81. The number of carbonyl (C=O) groups is 2. The molecule has 8 heteroatoms. The van der Waals surface area contributed by atoms with E-state index in [0.29, 0.717) is 18.2 Å². The molecule has 0 atom stereocenters. The van der Waals surface area contributed by atoms with Gasteiger partial charge in [0.2, 0.25) is 5.91 Å². The van der Waals surface area contributed by atoms with Crippen molar-refractivity contribution in [1.82, 2.24) is 4.90 Å². The Morgan fingerprint density at radius 2 is 1.78 bits per heavy atom. The van der Waals surface area contributed by atoms with Crippen molar-refractivity contribution in [2.24, 2.45) is 0 Å². The van der Waals surface area contributed by atoms with Gasteiger partial charge in [-0.2, -0.15) is 0 Å². The summed E-state index contributed by atoms with van der Waals surface area (Å²) in [6.45, 7) is 1.71. The van der Waals surface area contributed by atoms with Gasteiger partial charge in [-0.1, -0.05) is 19.1 Å². The van der Waals surface area contributed by atoms with E-state index in [0.717, 1.165) is 6.07 Å². The highest BCUT2D eigenvalue weighted by atomic mass is 19.2. The zero-order valence-corrected chi connectivity index (χ0v) is 14.9. The molecule has 2 aromatic carbocycles. The fraction of sp³-hybridized carbons (Fsp3) is 0.263. The third-order valence-electron chi connectivity index (χ3n) is 3.76. The highest BCUT2D eigenvalue weighted by Gasteiger charge is 2.22. The number of ether oxygens (including phenoxy) is 1. The van der Waals surface area contributed by atoms with Gasteiger partial charge in [-0.3, -0.25) is 9.59 Å². The molecular formula is C19H19F3N2O3. The average Bonchev–Trinajstić information content (AvgIpc) is 2.67. The SMILES string of the molecule is CCCN(CC(=O)Nc1ccc(F)c(F)c1F)C(=O)c1ccccc1OC. The highest BCUT2D eigenvalue weighted by molar-refractivity contribution is 6.00. The van der Waals surface area contributed by atoms with Crippen molar-refractivity contribution >= 4 is 17.5 Å². The van der Waals surface area contributed by atoms with Crippen molar-refractivity contribution in [2.75, 3.05) is 25.5 Å². The summed E-state index contributed by atoms with van der Waals surface area (Å²) in [4.78, 5) is 26.2. The van der Waals surface area contributed by atoms with E-state index in [9.17, 15) is 22.8 Å². The van der Waals surface area contributed by atoms with Crippen molar-refractivity contribution in [3.8, 4) is 5.75 Å². The zero-order chi connectivity index (χ0) is 20.0. The molecule has 2 rings (SSSR count). The lowest BCUT2D eigenvalue weighted by Crippen LogP contribution is -2.38. The third kappa shape index (κ3) is 4.78. The number of nitrogens with one attached hydrogen (secondary N) is 1. The number of carbonyl (C=O) groups excluding carboxylic acids is 2. The minimum absolute atomic E-state index is 0.268. The molecule has 0 heterocycles. The maximum Gasteiger partial charge on any atom is 0.258 e. The van der Waals surface area contributed by atoms with Crippen LogP contribution in [0.1, 0.15) is 23.7 Å². The first-order chi connectivity index (χ1) is 12.9. The molecule has 0 saturated carbocycles. The van der Waals surface area contributed by atoms with Crippen LogP contribution < -0.4 is 10.1 Å². The monoisotopic (exact) mass is 380 g/mol. The van der Waals surface area contributed by atoms with Crippen molar-refractivity contribution in [2.45, 2.75) is 13.3 Å². The molecule has 0 spiro atoms. The summed E-state index contributed by atoms with van der Waals surface area (Å²) in [5, 5.41) is 2.16. The molecule has 0 aliphatic heterocycles. The third-order valence-corrected chi connectivity index (χ3v) is 3.76. The number of rotatable bonds is 7. The number of methoxy groups -OCH3 is 1. The number of nitrogens with zero attached hydrogens (tertiary/aromatic N) is 1. The molecular weight excluding hydrogens is 361 g/mol. The smallest absolute Gasteiger partial charge is 0.258 e. The van der Waals surface area contributed by atoms with Gasteiger partial charge in [0.15, 0.2) is 17.5 Å². The van der Waals surface area contributed by atoms with Gasteiger partial charge in [0.25, 0.3) is 5.91 Å². The number of hydrogen-bond donors (Lipinski definition) is 1. The van der Waals surface area contributed by atoms with Crippen LogP contribution in [0.2, 0.25) is 0 Å². The van der Waals surface area contributed by atoms with Gasteiger partial charge < -0.3 is 15.0 Å². The molecule has 0 aromatic heterocycles. The van der Waals surface area contributed by atoms with Crippen molar-refractivity contribution < 1.29 is 27.5 Å². The average molecular weight is 380 g/mol. The van der Waals surface area contributed by atoms with Gasteiger partial charge in [0.1, 0.15) is 12.3 Å². The van der Waals surface area contributed by atoms with Crippen molar-refractivity contribution in [3.63, 3.8) is 0 Å². The predicted molar refractivity (Wildman–Crippen MR) is 94.1 cm³/mol. The number of hydrogen-bond acceptors (Lipinski definition) is 3. The zero-order valence-electron chi connectivity index (χ0n) is 14.9. The van der Waals surface area contributed by atoms with E-state index in [1.54, 1.807) is 24.3 Å². The maximum atomic E-state index is 13.7. The molecule has 144 valence electrons. The quantitative estimate of drug-likeness (QED) is 0.747. The van der Waals surface area contributed by atoms with Crippen LogP contribution in [-0.2, 0) is 4.79 Å². The fourth-order valence-electron chi connectivity index (χ4n) is 2.50. The van der Waals surface area contributed by atoms with Crippen molar-refractivity contribution in [3.05, 3.63) is 59.4 Å². The Hall–Kier alpha value is -3.03. The van der Waals surface area contributed by atoms with Crippen LogP contribution in [0.15, 0.2) is 36.4 Å². The van der Waals surface area contributed by atoms with E-state index < -0.39 is 35.0 Å². The van der Waals surface area contributed by atoms with E-state index >= 15 is 0 Å². The van der Waals surface area contributed by atoms with E-state index in [-0.39, 0.29) is 18.7 Å². The Morgan fingerprint density at radius 3 is 2.44 bits per heavy atom. The standard InChI is InChI=1S/C19H19F3N2O3/c1-3-10-24(19(26)12-6-4-5-7-15(12)27-2)11-16(25)23-14-9-8-13(20)17(21)18(14)22/h4-9H,3,10-11H2,1-2H3,(H,23,25). The number of benzene rings is 2. The second-order valence-corrected chi connectivity index (χ2v) is 5.70. The van der Waals surface area contributed by atoms with E-state index in [1.165, 1.54) is 12.0 Å². The molecule has 0 unspecified atom stereocenters. The molecule has 0 saturated heterocycles. The topological polar surface area (TPSA) is 58.6 Å². The first-order valence-corrected chi connectivity index (χ1v) is 8.24. The largest absolute Gasteiger partial charge is 0.496 e. The minimum atomic E-state index is -1.68. The predicted octanol–water partition coefficient (Wildman–Crippen LogP) is 3.60. The van der Waals surface area contributed by atoms with Crippen LogP contribution in [0.25, 0.3) is 0 Å². The molecule has 27 heavy (non-hydrogen) atoms. The highest BCUT2D eigenvalue weighted by Crippen LogP contribution is 2.21. The fourth-order valence-corrected chi connectivity index (χ4v) is 2.50. The van der Waals surface area contributed by atoms with E-state index in [2.05, 4.69) is 5.32 Å². The van der Waals surface area contributed by atoms with Gasteiger partial charge in [-0.25, -0.2) is 13.2 Å². The first-order valence-electron chi connectivity index (χ1n) is 8.24. The number of anilines is 1. The van der Waals surface area contributed by atoms with Crippen LogP contribution in [-0.4, -0.2) is 36.9 Å². The molecule has 0 radical (unpaired) electrons. The summed E-state index contributed by atoms with van der Waals surface area (Å²) in [6, 6.07) is 8.18. The molecule has 1 N–H and O–H groups in total. The Labute approximate surface area is 154 Å². The summed E-state index contributed by atoms with van der Waals surface area (Å²) in [6.07, 6.45) is 0.577. The molecule has 0 bridgehead atoms. The van der Waals surface area contributed by atoms with Crippen LogP contribution in [0.4, 0.5) is 18.9 Å². The maximum absolute atomic E-state index is 13.7.